The molecule has 0 saturated heterocycles. The van der Waals surface area contributed by atoms with Crippen LogP contribution in [0, 0.1) is 0 Å². The van der Waals surface area contributed by atoms with E-state index in [4.69, 9.17) is 9.05 Å². The van der Waals surface area contributed by atoms with Crippen LogP contribution in [0.15, 0.2) is 12.2 Å². The molecule has 0 saturated carbocycles. The number of aliphatic hydroxyl groups excluding tert-OH is 1. The van der Waals surface area contributed by atoms with Crippen LogP contribution in [0.3, 0.4) is 0 Å². The molecule has 1 unspecified atom stereocenters. The first-order valence-electron chi connectivity index (χ1n) is 29.1. The largest absolute Gasteiger partial charge is 0.472 e. The van der Waals surface area contributed by atoms with Crippen molar-refractivity contribution >= 4 is 13.7 Å². The fraction of sp³-hybridized carbons (Fsp3) is 0.947. The van der Waals surface area contributed by atoms with E-state index in [1.165, 1.54) is 238 Å². The number of hydrogen-bond donors (Lipinski definition) is 3. The molecular weight excluding hydrogens is 840 g/mol. The minimum Gasteiger partial charge on any atom is -0.387 e. The number of nitrogens with one attached hydrogen (secondary N) is 1. The molecule has 9 heteroatoms. The number of nitrogens with zero attached hydrogens (tertiary/aromatic N) is 1. The molecule has 394 valence electrons. The van der Waals surface area contributed by atoms with Gasteiger partial charge in [-0.25, -0.2) is 4.57 Å². The summed E-state index contributed by atoms with van der Waals surface area (Å²) in [5.41, 5.74) is 0. The van der Waals surface area contributed by atoms with Gasteiger partial charge in [0.1, 0.15) is 13.2 Å². The molecule has 3 atom stereocenters. The Bertz CT molecular complexity index is 1080. The lowest BCUT2D eigenvalue weighted by Crippen LogP contribution is -2.45. The molecule has 8 nitrogen and oxygen atoms in total. The van der Waals surface area contributed by atoms with Gasteiger partial charge in [0.2, 0.25) is 5.91 Å². The third-order valence-corrected chi connectivity index (χ3v) is 14.5. The number of amides is 1. The van der Waals surface area contributed by atoms with Crippen LogP contribution < -0.4 is 5.32 Å². The van der Waals surface area contributed by atoms with Gasteiger partial charge in [-0.3, -0.25) is 13.8 Å². The van der Waals surface area contributed by atoms with Crippen molar-refractivity contribution in [1.29, 1.82) is 0 Å². The van der Waals surface area contributed by atoms with Crippen molar-refractivity contribution in [3.8, 4) is 0 Å². The van der Waals surface area contributed by atoms with E-state index in [9.17, 15) is 19.4 Å². The van der Waals surface area contributed by atoms with Crippen molar-refractivity contribution in [1.82, 2.24) is 5.32 Å². The molecule has 0 heterocycles. The van der Waals surface area contributed by atoms with Gasteiger partial charge in [-0.05, 0) is 19.3 Å². The molecule has 0 aromatic carbocycles. The molecule has 0 aromatic heterocycles. The molecule has 0 aromatic rings. The van der Waals surface area contributed by atoms with Crippen molar-refractivity contribution in [2.45, 2.75) is 309 Å². The molecule has 0 fully saturated rings. The molecular formula is C57H116N2O6P+. The summed E-state index contributed by atoms with van der Waals surface area (Å²) in [7, 11) is 1.59. The zero-order chi connectivity index (χ0) is 48.5. The molecule has 0 aliphatic rings. The molecule has 1 amide bonds. The Morgan fingerprint density at radius 3 is 1.12 bits per heavy atom. The van der Waals surface area contributed by atoms with E-state index in [1.54, 1.807) is 6.08 Å². The van der Waals surface area contributed by atoms with Gasteiger partial charge >= 0.3 is 7.82 Å². The number of carbonyl (C=O) groups is 1. The van der Waals surface area contributed by atoms with Gasteiger partial charge < -0.3 is 19.8 Å². The molecule has 66 heavy (non-hydrogen) atoms. The summed E-state index contributed by atoms with van der Waals surface area (Å²) in [5, 5.41) is 13.9. The van der Waals surface area contributed by atoms with Crippen LogP contribution in [0.4, 0.5) is 0 Å². The lowest BCUT2D eigenvalue weighted by atomic mass is 10.0. The highest BCUT2D eigenvalue weighted by Crippen LogP contribution is 2.43. The molecule has 0 aliphatic carbocycles. The number of aliphatic hydroxyl groups is 1. The van der Waals surface area contributed by atoms with Gasteiger partial charge in [0.15, 0.2) is 0 Å². The van der Waals surface area contributed by atoms with Gasteiger partial charge in [0.05, 0.1) is 39.9 Å². The number of phosphoric acid groups is 1. The molecule has 0 bridgehead atoms. The maximum absolute atomic E-state index is 13.0. The van der Waals surface area contributed by atoms with Crippen molar-refractivity contribution < 1.29 is 32.9 Å². The summed E-state index contributed by atoms with van der Waals surface area (Å²) in [6, 6.07) is -0.841. The second-order valence-electron chi connectivity index (χ2n) is 21.4. The number of hydrogen-bond acceptors (Lipinski definition) is 5. The Labute approximate surface area is 412 Å². The van der Waals surface area contributed by atoms with Crippen LogP contribution in [0.25, 0.3) is 0 Å². The Morgan fingerprint density at radius 2 is 0.803 bits per heavy atom. The summed E-state index contributed by atoms with van der Waals surface area (Å²) in [4.78, 5) is 23.3. The molecule has 0 radical (unpaired) electrons. The number of allylic oxidation sites excluding steroid dienone is 1. The van der Waals surface area contributed by atoms with Crippen molar-refractivity contribution in [2.75, 3.05) is 40.9 Å². The van der Waals surface area contributed by atoms with Crippen LogP contribution in [0.2, 0.25) is 0 Å². The predicted octanol–water partition coefficient (Wildman–Crippen LogP) is 17.4. The van der Waals surface area contributed by atoms with Crippen LogP contribution in [0.5, 0.6) is 0 Å². The smallest absolute Gasteiger partial charge is 0.387 e. The van der Waals surface area contributed by atoms with E-state index in [1.807, 2.05) is 27.2 Å². The normalized spacial score (nSPS) is 14.0. The average molecular weight is 957 g/mol. The monoisotopic (exact) mass is 956 g/mol. The van der Waals surface area contributed by atoms with E-state index in [2.05, 4.69) is 19.2 Å². The van der Waals surface area contributed by atoms with Gasteiger partial charge in [0.25, 0.3) is 0 Å². The van der Waals surface area contributed by atoms with E-state index in [0.717, 1.165) is 38.5 Å². The van der Waals surface area contributed by atoms with Crippen LogP contribution in [0.1, 0.15) is 296 Å². The van der Waals surface area contributed by atoms with Gasteiger partial charge in [-0.1, -0.05) is 283 Å². The summed E-state index contributed by atoms with van der Waals surface area (Å²) in [5.74, 6) is -0.170. The number of carbonyl (C=O) groups excluding carboxylic acids is 1. The molecule has 0 aliphatic heterocycles. The van der Waals surface area contributed by atoms with Crippen LogP contribution >= 0.6 is 7.82 Å². The van der Waals surface area contributed by atoms with Crippen molar-refractivity contribution in [3.05, 3.63) is 12.2 Å². The quantitative estimate of drug-likeness (QED) is 0.0243. The van der Waals surface area contributed by atoms with Crippen LogP contribution in [-0.4, -0.2) is 73.4 Å². The predicted molar refractivity (Wildman–Crippen MR) is 286 cm³/mol. The second kappa shape index (κ2) is 49.2. The third-order valence-electron chi connectivity index (χ3n) is 13.5. The highest BCUT2D eigenvalue weighted by Gasteiger charge is 2.27. The van der Waals surface area contributed by atoms with E-state index in [0.29, 0.717) is 17.4 Å². The summed E-state index contributed by atoms with van der Waals surface area (Å²) in [6.45, 7) is 4.86. The fourth-order valence-corrected chi connectivity index (χ4v) is 9.66. The second-order valence-corrected chi connectivity index (χ2v) is 22.8. The zero-order valence-corrected chi connectivity index (χ0v) is 45.9. The Hall–Kier alpha value is -0.760. The summed E-state index contributed by atoms with van der Waals surface area (Å²) in [6.07, 6.45) is 60.4. The molecule has 3 N–H and O–H groups in total. The van der Waals surface area contributed by atoms with E-state index in [-0.39, 0.29) is 19.1 Å². The summed E-state index contributed by atoms with van der Waals surface area (Å²) < 4.78 is 23.7. The number of phosphoric ester groups is 1. The first-order valence-corrected chi connectivity index (χ1v) is 30.6. The zero-order valence-electron chi connectivity index (χ0n) is 45.0. The first kappa shape index (κ1) is 65.2. The van der Waals surface area contributed by atoms with E-state index < -0.39 is 20.0 Å². The van der Waals surface area contributed by atoms with Crippen molar-refractivity contribution in [2.24, 2.45) is 0 Å². The van der Waals surface area contributed by atoms with E-state index >= 15 is 0 Å². The minimum absolute atomic E-state index is 0.0650. The third kappa shape index (κ3) is 51.1. The number of rotatable bonds is 54. The minimum atomic E-state index is -4.34. The Kier molecular flexibility index (Phi) is 48.7. The Morgan fingerprint density at radius 1 is 0.500 bits per heavy atom. The topological polar surface area (TPSA) is 105 Å². The maximum Gasteiger partial charge on any atom is 0.472 e. The highest BCUT2D eigenvalue weighted by molar-refractivity contribution is 7.47. The van der Waals surface area contributed by atoms with Gasteiger partial charge in [0, 0.05) is 6.42 Å². The average Bonchev–Trinajstić information content (AvgIpc) is 3.28. The van der Waals surface area contributed by atoms with Crippen LogP contribution in [-0.2, 0) is 18.4 Å². The Balaban J connectivity index is 4.02. The highest BCUT2D eigenvalue weighted by atomic mass is 31.2. The molecule has 0 rings (SSSR count). The fourth-order valence-electron chi connectivity index (χ4n) is 8.93. The first-order chi connectivity index (χ1) is 32.0. The maximum atomic E-state index is 13.0. The lowest BCUT2D eigenvalue weighted by Gasteiger charge is -2.25. The standard InChI is InChI=1S/C57H115N2O6P/c1-6-8-10-12-14-16-18-20-22-23-24-25-26-27-28-29-30-31-32-33-34-35-36-37-39-41-43-45-47-49-51-57(61)58-55(54-65-66(62,63)64-53-52-59(3,4)5)56(60)50-48-46-44-42-40-38-21-19-17-15-13-11-9-7-2/h48,50,55-56,60H,6-47,49,51-54H2,1-5H3,(H-,58,61,62,63)/p+1/b50-48+/t55-,56+/m0/s1. The number of unbranched alkanes of at least 4 members (excludes halogenated alkanes) is 41. The SMILES string of the molecule is CCCCCCCCCCCCCC/C=C/[C@@H](O)[C@H](COP(=O)(O)OCC[N+](C)(C)C)NC(=O)CCCCCCCCCCCCCCCCCCCCCCCCCCCCCCCC. The number of quaternary nitrogens is 1. The number of likely N-dealkylation sites (N-methyl/N-ethyl adjacent to an activating group) is 1. The van der Waals surface area contributed by atoms with Crippen molar-refractivity contribution in [3.63, 3.8) is 0 Å². The van der Waals surface area contributed by atoms with Gasteiger partial charge in [-0.2, -0.15) is 0 Å². The molecule has 0 spiro atoms. The lowest BCUT2D eigenvalue weighted by molar-refractivity contribution is -0.870. The van der Waals surface area contributed by atoms with Gasteiger partial charge in [-0.15, -0.1) is 0 Å². The summed E-state index contributed by atoms with van der Waals surface area (Å²) >= 11 is 0.